The van der Waals surface area contributed by atoms with Gasteiger partial charge in [-0.15, -0.1) is 0 Å². The Morgan fingerprint density at radius 3 is 2.40 bits per heavy atom. The molecule has 3 rings (SSSR count). The number of sulfonamides is 1. The number of carbonyl (C=O) groups is 2. The Balaban J connectivity index is 1.63. The van der Waals surface area contributed by atoms with E-state index in [4.69, 9.17) is 4.84 Å². The third kappa shape index (κ3) is 4.84. The average molecular weight is 433 g/mol. The van der Waals surface area contributed by atoms with Crippen LogP contribution in [-0.4, -0.2) is 79.8 Å². The summed E-state index contributed by atoms with van der Waals surface area (Å²) in [6.07, 6.45) is 1.87. The Morgan fingerprint density at radius 2 is 1.77 bits per heavy atom. The lowest BCUT2D eigenvalue weighted by atomic mass is 10.1. The molecule has 0 unspecified atom stereocenters. The molecule has 10 heteroatoms. The lowest BCUT2D eigenvalue weighted by molar-refractivity contribution is -0.132. The second kappa shape index (κ2) is 9.33. The first-order chi connectivity index (χ1) is 14.3. The summed E-state index contributed by atoms with van der Waals surface area (Å²) in [4.78, 5) is 37.6. The molecule has 0 atom stereocenters. The molecule has 0 radical (unpaired) electrons. The first-order valence-corrected chi connectivity index (χ1v) is 10.9. The number of nitrogens with zero attached hydrogens (tertiary/aromatic N) is 4. The van der Waals surface area contributed by atoms with Gasteiger partial charge in [0.15, 0.2) is 0 Å². The quantitative estimate of drug-likeness (QED) is 0.626. The maximum absolute atomic E-state index is 12.9. The van der Waals surface area contributed by atoms with E-state index in [-0.39, 0.29) is 28.7 Å². The minimum absolute atomic E-state index is 0.0260. The van der Waals surface area contributed by atoms with Crippen LogP contribution in [0.25, 0.3) is 0 Å². The van der Waals surface area contributed by atoms with Crippen LogP contribution in [0.3, 0.4) is 0 Å². The van der Waals surface area contributed by atoms with Gasteiger partial charge in [0, 0.05) is 50.7 Å². The molecule has 0 aliphatic carbocycles. The van der Waals surface area contributed by atoms with Crippen LogP contribution < -0.4 is 0 Å². The van der Waals surface area contributed by atoms with Crippen molar-refractivity contribution in [2.75, 3.05) is 40.3 Å². The van der Waals surface area contributed by atoms with Gasteiger partial charge in [-0.05, 0) is 30.3 Å². The summed E-state index contributed by atoms with van der Waals surface area (Å²) in [6.45, 7) is 1.59. The number of piperazine rings is 1. The molecule has 1 saturated heterocycles. The fourth-order valence-corrected chi connectivity index (χ4v) is 4.17. The Hall–Kier alpha value is -2.82. The highest BCUT2D eigenvalue weighted by Crippen LogP contribution is 2.18. The highest BCUT2D eigenvalue weighted by Gasteiger charge is 2.27. The first kappa shape index (κ1) is 21.9. The molecule has 1 aliphatic heterocycles. The molecule has 1 aromatic carbocycles. The summed E-state index contributed by atoms with van der Waals surface area (Å²) in [6, 6.07) is 11.3. The molecule has 9 nitrogen and oxygen atoms in total. The SMILES string of the molecule is CON(C)S(=O)(=O)c1cccc(C(=O)N2CCN(C(=O)Cc3ccccn3)CC2)c1. The standard InChI is InChI=1S/C20H24N4O5S/c1-22(29-2)30(27,28)18-8-5-6-16(14-18)20(26)24-12-10-23(11-13-24)19(25)15-17-7-3-4-9-21-17/h3-9,14H,10-13,15H2,1-2H3. The van der Waals surface area contributed by atoms with Crippen molar-refractivity contribution in [1.82, 2.24) is 19.3 Å². The lowest BCUT2D eigenvalue weighted by Crippen LogP contribution is -2.51. The monoisotopic (exact) mass is 432 g/mol. The van der Waals surface area contributed by atoms with Crippen molar-refractivity contribution >= 4 is 21.8 Å². The summed E-state index contributed by atoms with van der Waals surface area (Å²) >= 11 is 0. The van der Waals surface area contributed by atoms with Crippen molar-refractivity contribution in [2.45, 2.75) is 11.3 Å². The van der Waals surface area contributed by atoms with Crippen LogP contribution in [0.4, 0.5) is 0 Å². The molecule has 1 aliphatic rings. The number of benzene rings is 1. The number of rotatable bonds is 6. The third-order valence-electron chi connectivity index (χ3n) is 4.95. The van der Waals surface area contributed by atoms with Crippen LogP contribution in [0.2, 0.25) is 0 Å². The fraction of sp³-hybridized carbons (Fsp3) is 0.350. The zero-order valence-corrected chi connectivity index (χ0v) is 17.7. The van der Waals surface area contributed by atoms with E-state index in [2.05, 4.69) is 4.98 Å². The molecule has 1 fully saturated rings. The second-order valence-electron chi connectivity index (χ2n) is 6.80. The summed E-state index contributed by atoms with van der Waals surface area (Å²) in [5, 5.41) is 0. The van der Waals surface area contributed by atoms with E-state index in [0.717, 1.165) is 4.47 Å². The zero-order valence-electron chi connectivity index (χ0n) is 16.9. The molecule has 2 aromatic rings. The molecule has 1 aromatic heterocycles. The number of pyridine rings is 1. The Bertz CT molecular complexity index is 1000. The number of carbonyl (C=O) groups excluding carboxylic acids is 2. The third-order valence-corrected chi connectivity index (χ3v) is 6.63. The van der Waals surface area contributed by atoms with E-state index in [1.54, 1.807) is 34.2 Å². The van der Waals surface area contributed by atoms with Crippen LogP contribution in [0.1, 0.15) is 16.1 Å². The second-order valence-corrected chi connectivity index (χ2v) is 8.73. The van der Waals surface area contributed by atoms with E-state index in [9.17, 15) is 18.0 Å². The Kier molecular flexibility index (Phi) is 6.80. The predicted molar refractivity (Wildman–Crippen MR) is 109 cm³/mol. The number of hydroxylamine groups is 1. The summed E-state index contributed by atoms with van der Waals surface area (Å²) < 4.78 is 25.6. The van der Waals surface area contributed by atoms with Gasteiger partial charge in [0.2, 0.25) is 5.91 Å². The van der Waals surface area contributed by atoms with Gasteiger partial charge in [0.1, 0.15) is 0 Å². The molecular weight excluding hydrogens is 408 g/mol. The van der Waals surface area contributed by atoms with Gasteiger partial charge in [-0.1, -0.05) is 16.6 Å². The normalized spacial score (nSPS) is 14.8. The summed E-state index contributed by atoms with van der Waals surface area (Å²) in [5.74, 6) is -0.305. The molecule has 0 bridgehead atoms. The number of amides is 2. The first-order valence-electron chi connectivity index (χ1n) is 9.43. The molecule has 0 spiro atoms. The molecule has 30 heavy (non-hydrogen) atoms. The van der Waals surface area contributed by atoms with Crippen molar-refractivity contribution in [1.29, 1.82) is 0 Å². The molecule has 2 amide bonds. The maximum Gasteiger partial charge on any atom is 0.264 e. The Morgan fingerprint density at radius 1 is 1.07 bits per heavy atom. The minimum Gasteiger partial charge on any atom is -0.339 e. The number of hydrogen-bond acceptors (Lipinski definition) is 6. The van der Waals surface area contributed by atoms with Gasteiger partial charge < -0.3 is 9.80 Å². The van der Waals surface area contributed by atoms with Gasteiger partial charge in [0.05, 0.1) is 18.4 Å². The zero-order chi connectivity index (χ0) is 21.7. The minimum atomic E-state index is -3.84. The van der Waals surface area contributed by atoms with Crippen molar-refractivity contribution in [2.24, 2.45) is 0 Å². The van der Waals surface area contributed by atoms with Crippen LogP contribution >= 0.6 is 0 Å². The van der Waals surface area contributed by atoms with Crippen molar-refractivity contribution in [3.8, 4) is 0 Å². The van der Waals surface area contributed by atoms with Crippen LogP contribution in [0.5, 0.6) is 0 Å². The lowest BCUT2D eigenvalue weighted by Gasteiger charge is -2.35. The maximum atomic E-state index is 12.9. The van der Waals surface area contributed by atoms with Gasteiger partial charge in [0.25, 0.3) is 15.9 Å². The van der Waals surface area contributed by atoms with Gasteiger partial charge in [-0.25, -0.2) is 8.42 Å². The largest absolute Gasteiger partial charge is 0.339 e. The topological polar surface area (TPSA) is 100 Å². The van der Waals surface area contributed by atoms with Crippen molar-refractivity contribution in [3.05, 3.63) is 59.9 Å². The van der Waals surface area contributed by atoms with Crippen molar-refractivity contribution in [3.63, 3.8) is 0 Å². The molecule has 0 N–H and O–H groups in total. The van der Waals surface area contributed by atoms with E-state index < -0.39 is 10.0 Å². The van der Waals surface area contributed by atoms with Gasteiger partial charge in [-0.2, -0.15) is 0 Å². The van der Waals surface area contributed by atoms with E-state index >= 15 is 0 Å². The van der Waals surface area contributed by atoms with E-state index in [1.165, 1.54) is 32.4 Å². The van der Waals surface area contributed by atoms with Gasteiger partial charge in [-0.3, -0.25) is 19.4 Å². The summed E-state index contributed by atoms with van der Waals surface area (Å²) in [7, 11) is -1.31. The highest BCUT2D eigenvalue weighted by molar-refractivity contribution is 7.89. The van der Waals surface area contributed by atoms with Crippen LogP contribution in [0, 0.1) is 0 Å². The number of aromatic nitrogens is 1. The Labute approximate surface area is 175 Å². The smallest absolute Gasteiger partial charge is 0.264 e. The average Bonchev–Trinajstić information content (AvgIpc) is 2.78. The van der Waals surface area contributed by atoms with E-state index in [0.29, 0.717) is 31.9 Å². The highest BCUT2D eigenvalue weighted by atomic mass is 32.2. The van der Waals surface area contributed by atoms with Crippen molar-refractivity contribution < 1.29 is 22.8 Å². The number of hydrogen-bond donors (Lipinski definition) is 0. The predicted octanol–water partition coefficient (Wildman–Crippen LogP) is 0.791. The molecule has 0 saturated carbocycles. The van der Waals surface area contributed by atoms with Crippen LogP contribution in [-0.2, 0) is 26.1 Å². The van der Waals surface area contributed by atoms with Gasteiger partial charge >= 0.3 is 0 Å². The molecular formula is C20H24N4O5S. The summed E-state index contributed by atoms with van der Waals surface area (Å²) in [5.41, 5.74) is 0.980. The fourth-order valence-electron chi connectivity index (χ4n) is 3.15. The molecule has 160 valence electrons. The molecule has 2 heterocycles. The van der Waals surface area contributed by atoms with Crippen LogP contribution in [0.15, 0.2) is 53.6 Å². The van der Waals surface area contributed by atoms with E-state index in [1.807, 2.05) is 6.07 Å².